The molecule has 3 unspecified atom stereocenters. The number of hydrogen-bond acceptors (Lipinski definition) is 4. The fourth-order valence-corrected chi connectivity index (χ4v) is 3.63. The third-order valence-corrected chi connectivity index (χ3v) is 4.87. The molecular formula is C20H26N2O2. The van der Waals surface area contributed by atoms with E-state index in [-0.39, 0.29) is 17.8 Å². The van der Waals surface area contributed by atoms with Crippen LogP contribution in [0.15, 0.2) is 42.0 Å². The molecule has 2 rings (SSSR count). The lowest BCUT2D eigenvalue weighted by atomic mass is 9.68. The lowest BCUT2D eigenvalue weighted by molar-refractivity contribution is -0.160. The Labute approximate surface area is 144 Å². The van der Waals surface area contributed by atoms with Crippen LogP contribution in [0.1, 0.15) is 32.3 Å². The first-order valence-corrected chi connectivity index (χ1v) is 8.37. The summed E-state index contributed by atoms with van der Waals surface area (Å²) in [6, 6.07) is 12.3. The van der Waals surface area contributed by atoms with Crippen molar-refractivity contribution in [3.8, 4) is 6.07 Å². The molecule has 1 fully saturated rings. The van der Waals surface area contributed by atoms with Crippen molar-refractivity contribution in [2.75, 3.05) is 20.7 Å². The van der Waals surface area contributed by atoms with Gasteiger partial charge in [-0.2, -0.15) is 5.26 Å². The van der Waals surface area contributed by atoms with Crippen LogP contribution in [0.2, 0.25) is 0 Å². The lowest BCUT2D eigenvalue weighted by Crippen LogP contribution is -2.52. The molecule has 3 atom stereocenters. The van der Waals surface area contributed by atoms with Crippen LogP contribution in [0.25, 0.3) is 0 Å². The van der Waals surface area contributed by atoms with Gasteiger partial charge < -0.3 is 4.74 Å². The van der Waals surface area contributed by atoms with Crippen molar-refractivity contribution < 1.29 is 9.53 Å². The average Bonchev–Trinajstić information content (AvgIpc) is 2.56. The van der Waals surface area contributed by atoms with Crippen LogP contribution in [0.4, 0.5) is 0 Å². The Kier molecular flexibility index (Phi) is 5.80. The maximum atomic E-state index is 12.5. The second-order valence-corrected chi connectivity index (χ2v) is 6.82. The summed E-state index contributed by atoms with van der Waals surface area (Å²) < 4.78 is 5.31. The molecule has 0 aromatic heterocycles. The normalized spacial score (nSPS) is 23.1. The van der Waals surface area contributed by atoms with E-state index in [1.54, 1.807) is 0 Å². The summed E-state index contributed by atoms with van der Waals surface area (Å²) in [6.07, 6.45) is 3.36. The van der Waals surface area contributed by atoms with Crippen LogP contribution in [0.3, 0.4) is 0 Å². The van der Waals surface area contributed by atoms with Crippen molar-refractivity contribution in [3.63, 3.8) is 0 Å². The van der Waals surface area contributed by atoms with Gasteiger partial charge in [-0.1, -0.05) is 42.0 Å². The standard InChI is InChI=1S/C20H26N2O2/c1-15(2)10-11-17-18(12-13-24-19(17)23)20(14-21,22(3)4)16-8-6-5-7-9-16/h5-10,17-18H,11-13H2,1-4H3. The van der Waals surface area contributed by atoms with Gasteiger partial charge >= 0.3 is 5.97 Å². The van der Waals surface area contributed by atoms with Crippen LogP contribution in [0, 0.1) is 23.2 Å². The Morgan fingerprint density at radius 1 is 1.38 bits per heavy atom. The second-order valence-electron chi connectivity index (χ2n) is 6.82. The average molecular weight is 326 g/mol. The molecule has 0 radical (unpaired) electrons. The molecule has 1 saturated heterocycles. The molecule has 0 N–H and O–H groups in total. The van der Waals surface area contributed by atoms with Gasteiger partial charge in [0.25, 0.3) is 0 Å². The fourth-order valence-electron chi connectivity index (χ4n) is 3.63. The van der Waals surface area contributed by atoms with Crippen molar-refractivity contribution in [1.82, 2.24) is 4.90 Å². The van der Waals surface area contributed by atoms with Crippen molar-refractivity contribution >= 4 is 5.97 Å². The zero-order chi connectivity index (χ0) is 17.7. The molecule has 1 aromatic rings. The smallest absolute Gasteiger partial charge is 0.309 e. The maximum Gasteiger partial charge on any atom is 0.309 e. The molecule has 128 valence electrons. The van der Waals surface area contributed by atoms with Gasteiger partial charge in [0, 0.05) is 5.92 Å². The summed E-state index contributed by atoms with van der Waals surface area (Å²) in [7, 11) is 3.82. The van der Waals surface area contributed by atoms with Crippen molar-refractivity contribution in [1.29, 1.82) is 5.26 Å². The third kappa shape index (κ3) is 3.37. The monoisotopic (exact) mass is 326 g/mol. The van der Waals surface area contributed by atoms with E-state index >= 15 is 0 Å². The highest BCUT2D eigenvalue weighted by Crippen LogP contribution is 2.44. The number of benzene rings is 1. The molecule has 1 aromatic carbocycles. The summed E-state index contributed by atoms with van der Waals surface area (Å²) in [5, 5.41) is 10.2. The number of carbonyl (C=O) groups excluding carboxylic acids is 1. The van der Waals surface area contributed by atoms with Crippen LogP contribution < -0.4 is 0 Å². The van der Waals surface area contributed by atoms with Crippen LogP contribution in [0.5, 0.6) is 0 Å². The highest BCUT2D eigenvalue weighted by molar-refractivity contribution is 5.74. The van der Waals surface area contributed by atoms with Crippen LogP contribution in [-0.2, 0) is 15.1 Å². The van der Waals surface area contributed by atoms with Gasteiger partial charge in [0.15, 0.2) is 0 Å². The number of allylic oxidation sites excluding steroid dienone is 2. The highest BCUT2D eigenvalue weighted by Gasteiger charge is 2.50. The summed E-state index contributed by atoms with van der Waals surface area (Å²) in [5.74, 6) is -0.617. The number of cyclic esters (lactones) is 1. The van der Waals surface area contributed by atoms with E-state index in [0.29, 0.717) is 19.4 Å². The second kappa shape index (κ2) is 7.63. The molecule has 24 heavy (non-hydrogen) atoms. The topological polar surface area (TPSA) is 53.3 Å². The van der Waals surface area contributed by atoms with Gasteiger partial charge in [0.1, 0.15) is 5.54 Å². The van der Waals surface area contributed by atoms with Crippen molar-refractivity contribution in [3.05, 3.63) is 47.5 Å². The minimum atomic E-state index is -0.846. The minimum Gasteiger partial charge on any atom is -0.465 e. The third-order valence-electron chi connectivity index (χ3n) is 4.87. The molecular weight excluding hydrogens is 300 g/mol. The predicted molar refractivity (Wildman–Crippen MR) is 94.0 cm³/mol. The Morgan fingerprint density at radius 2 is 2.04 bits per heavy atom. The molecule has 0 amide bonds. The number of ether oxygens (including phenoxy) is 1. The minimum absolute atomic E-state index is 0.114. The number of nitrogens with zero attached hydrogens (tertiary/aromatic N) is 2. The summed E-state index contributed by atoms with van der Waals surface area (Å²) >= 11 is 0. The highest BCUT2D eigenvalue weighted by atomic mass is 16.5. The van der Waals surface area contributed by atoms with E-state index in [2.05, 4.69) is 12.1 Å². The zero-order valence-corrected chi connectivity index (χ0v) is 15.0. The number of esters is 1. The molecule has 0 spiro atoms. The van der Waals surface area contributed by atoms with E-state index in [0.717, 1.165) is 5.56 Å². The molecule has 1 aliphatic heterocycles. The Morgan fingerprint density at radius 3 is 2.58 bits per heavy atom. The molecule has 0 aliphatic carbocycles. The Balaban J connectivity index is 2.52. The molecule has 4 nitrogen and oxygen atoms in total. The summed E-state index contributed by atoms with van der Waals surface area (Å²) in [6.45, 7) is 4.41. The van der Waals surface area contributed by atoms with E-state index < -0.39 is 5.54 Å². The number of carbonyl (C=O) groups is 1. The van der Waals surface area contributed by atoms with Gasteiger partial charge in [-0.05, 0) is 46.3 Å². The van der Waals surface area contributed by atoms with E-state index in [4.69, 9.17) is 4.74 Å². The van der Waals surface area contributed by atoms with Gasteiger partial charge in [-0.15, -0.1) is 0 Å². The first kappa shape index (κ1) is 18.2. The Bertz CT molecular complexity index is 641. The fraction of sp³-hybridized carbons (Fsp3) is 0.500. The van der Waals surface area contributed by atoms with Crippen LogP contribution in [-0.4, -0.2) is 31.6 Å². The summed E-state index contributed by atoms with van der Waals surface area (Å²) in [5.41, 5.74) is 1.25. The van der Waals surface area contributed by atoms with Gasteiger partial charge in [-0.3, -0.25) is 9.69 Å². The molecule has 4 heteroatoms. The number of nitriles is 1. The molecule has 0 bridgehead atoms. The number of rotatable bonds is 5. The van der Waals surface area contributed by atoms with Crippen LogP contribution >= 0.6 is 0 Å². The van der Waals surface area contributed by atoms with E-state index in [1.165, 1.54) is 5.57 Å². The molecule has 1 aliphatic rings. The molecule has 1 heterocycles. The first-order valence-electron chi connectivity index (χ1n) is 8.37. The largest absolute Gasteiger partial charge is 0.465 e. The van der Waals surface area contributed by atoms with Gasteiger partial charge in [0.05, 0.1) is 18.6 Å². The van der Waals surface area contributed by atoms with Crippen molar-refractivity contribution in [2.24, 2.45) is 11.8 Å². The van der Waals surface area contributed by atoms with Gasteiger partial charge in [0.2, 0.25) is 0 Å². The first-order chi connectivity index (χ1) is 11.4. The predicted octanol–water partition coefficient (Wildman–Crippen LogP) is 3.50. The zero-order valence-electron chi connectivity index (χ0n) is 15.0. The lowest BCUT2D eigenvalue weighted by Gasteiger charge is -2.45. The van der Waals surface area contributed by atoms with E-state index in [1.807, 2.05) is 63.2 Å². The number of hydrogen-bond donors (Lipinski definition) is 0. The SMILES string of the molecule is CC(C)=CCC1C(=O)OCCC1C(C#N)(c1ccccc1)N(C)C. The van der Waals surface area contributed by atoms with Gasteiger partial charge in [-0.25, -0.2) is 0 Å². The molecule has 0 saturated carbocycles. The maximum absolute atomic E-state index is 12.5. The Hall–Kier alpha value is -2.12. The van der Waals surface area contributed by atoms with E-state index in [9.17, 15) is 10.1 Å². The quantitative estimate of drug-likeness (QED) is 0.614. The summed E-state index contributed by atoms with van der Waals surface area (Å²) in [4.78, 5) is 14.4. The van der Waals surface area contributed by atoms with Crippen molar-refractivity contribution in [2.45, 2.75) is 32.2 Å².